The fourth-order valence-electron chi connectivity index (χ4n) is 2.69. The maximum absolute atomic E-state index is 12.4. The minimum absolute atomic E-state index is 0.126. The average Bonchev–Trinajstić information content (AvgIpc) is 3.51. The number of nitrogens with zero attached hydrogens (tertiary/aromatic N) is 1. The lowest BCUT2D eigenvalue weighted by Crippen LogP contribution is -2.27. The SMILES string of the molecule is CONC(=O)c1cnc(C(=O)NC2CC2)cc1Nc1cccc(C(N)=O)c1OC. The summed E-state index contributed by atoms with van der Waals surface area (Å²) in [6, 6.07) is 6.38. The van der Waals surface area contributed by atoms with Gasteiger partial charge in [-0.2, -0.15) is 0 Å². The van der Waals surface area contributed by atoms with Gasteiger partial charge in [-0.3, -0.25) is 24.2 Å². The summed E-state index contributed by atoms with van der Waals surface area (Å²) < 4.78 is 5.31. The summed E-state index contributed by atoms with van der Waals surface area (Å²) in [5, 5.41) is 5.86. The van der Waals surface area contributed by atoms with E-state index in [1.165, 1.54) is 32.5 Å². The normalized spacial score (nSPS) is 12.8. The van der Waals surface area contributed by atoms with Crippen LogP contribution >= 0.6 is 0 Å². The quantitative estimate of drug-likeness (QED) is 0.487. The van der Waals surface area contributed by atoms with E-state index < -0.39 is 11.8 Å². The Kier molecular flexibility index (Phi) is 5.93. The first-order valence-electron chi connectivity index (χ1n) is 8.82. The minimum Gasteiger partial charge on any atom is -0.494 e. The monoisotopic (exact) mass is 399 g/mol. The molecular formula is C19H21N5O5. The van der Waals surface area contributed by atoms with Crippen LogP contribution in [0.2, 0.25) is 0 Å². The largest absolute Gasteiger partial charge is 0.494 e. The fourth-order valence-corrected chi connectivity index (χ4v) is 2.69. The summed E-state index contributed by atoms with van der Waals surface area (Å²) in [7, 11) is 2.70. The smallest absolute Gasteiger partial charge is 0.278 e. The number of primary amides is 1. The lowest BCUT2D eigenvalue weighted by Gasteiger charge is -2.16. The molecule has 1 aromatic carbocycles. The third-order valence-corrected chi connectivity index (χ3v) is 4.24. The second-order valence-corrected chi connectivity index (χ2v) is 6.37. The van der Waals surface area contributed by atoms with E-state index in [2.05, 4.69) is 25.9 Å². The molecule has 1 saturated carbocycles. The van der Waals surface area contributed by atoms with Gasteiger partial charge in [-0.15, -0.1) is 0 Å². The average molecular weight is 399 g/mol. The molecule has 10 nitrogen and oxygen atoms in total. The molecule has 0 atom stereocenters. The van der Waals surface area contributed by atoms with Gasteiger partial charge in [0, 0.05) is 12.2 Å². The van der Waals surface area contributed by atoms with Gasteiger partial charge in [-0.25, -0.2) is 5.48 Å². The molecule has 1 fully saturated rings. The van der Waals surface area contributed by atoms with Crippen LogP contribution < -0.4 is 26.6 Å². The molecule has 10 heteroatoms. The minimum atomic E-state index is -0.665. The van der Waals surface area contributed by atoms with Crippen molar-refractivity contribution in [2.45, 2.75) is 18.9 Å². The number of pyridine rings is 1. The van der Waals surface area contributed by atoms with Crippen molar-refractivity contribution in [3.05, 3.63) is 47.3 Å². The number of anilines is 2. The van der Waals surface area contributed by atoms with Crippen molar-refractivity contribution in [1.82, 2.24) is 15.8 Å². The van der Waals surface area contributed by atoms with E-state index in [1.54, 1.807) is 12.1 Å². The van der Waals surface area contributed by atoms with Crippen LogP contribution in [-0.2, 0) is 4.84 Å². The molecule has 1 aliphatic carbocycles. The summed E-state index contributed by atoms with van der Waals surface area (Å²) in [4.78, 5) is 45.1. The van der Waals surface area contributed by atoms with Crippen molar-refractivity contribution in [2.24, 2.45) is 5.73 Å². The molecule has 0 spiro atoms. The number of ether oxygens (including phenoxy) is 1. The number of hydrogen-bond acceptors (Lipinski definition) is 7. The predicted molar refractivity (Wildman–Crippen MR) is 104 cm³/mol. The van der Waals surface area contributed by atoms with Crippen LogP contribution in [0.25, 0.3) is 0 Å². The first kappa shape index (κ1) is 20.1. The molecule has 1 aromatic heterocycles. The van der Waals surface area contributed by atoms with Crippen molar-refractivity contribution in [3.63, 3.8) is 0 Å². The van der Waals surface area contributed by atoms with Crippen molar-refractivity contribution in [2.75, 3.05) is 19.5 Å². The van der Waals surface area contributed by atoms with Gasteiger partial charge >= 0.3 is 0 Å². The Morgan fingerprint density at radius 1 is 1.10 bits per heavy atom. The highest BCUT2D eigenvalue weighted by atomic mass is 16.6. The van der Waals surface area contributed by atoms with E-state index in [9.17, 15) is 14.4 Å². The first-order chi connectivity index (χ1) is 13.9. The lowest BCUT2D eigenvalue weighted by molar-refractivity contribution is 0.0538. The predicted octanol–water partition coefficient (Wildman–Crippen LogP) is 1.12. The van der Waals surface area contributed by atoms with Gasteiger partial charge < -0.3 is 21.1 Å². The highest BCUT2D eigenvalue weighted by molar-refractivity contribution is 6.03. The van der Waals surface area contributed by atoms with Gasteiger partial charge in [0.15, 0.2) is 5.75 Å². The summed E-state index contributed by atoms with van der Waals surface area (Å²) in [6.07, 6.45) is 3.13. The van der Waals surface area contributed by atoms with Crippen LogP contribution in [0.4, 0.5) is 11.4 Å². The third kappa shape index (κ3) is 4.61. The maximum atomic E-state index is 12.4. The highest BCUT2D eigenvalue weighted by Crippen LogP contribution is 2.32. The molecule has 29 heavy (non-hydrogen) atoms. The van der Waals surface area contributed by atoms with Crippen molar-refractivity contribution in [3.8, 4) is 5.75 Å². The zero-order valence-electron chi connectivity index (χ0n) is 15.9. The number of hydroxylamine groups is 1. The molecular weight excluding hydrogens is 378 g/mol. The van der Waals surface area contributed by atoms with E-state index in [0.29, 0.717) is 5.69 Å². The Hall–Kier alpha value is -3.66. The number of para-hydroxylation sites is 1. The summed E-state index contributed by atoms with van der Waals surface area (Å²) in [5.74, 6) is -1.37. The molecule has 5 N–H and O–H groups in total. The molecule has 0 saturated heterocycles. The number of aromatic nitrogens is 1. The van der Waals surface area contributed by atoms with Gasteiger partial charge in [0.25, 0.3) is 17.7 Å². The number of nitrogens with two attached hydrogens (primary N) is 1. The van der Waals surface area contributed by atoms with E-state index in [0.717, 1.165) is 12.8 Å². The number of rotatable bonds is 8. The second-order valence-electron chi connectivity index (χ2n) is 6.37. The molecule has 0 radical (unpaired) electrons. The lowest BCUT2D eigenvalue weighted by atomic mass is 10.1. The Morgan fingerprint density at radius 3 is 2.48 bits per heavy atom. The number of hydrogen-bond donors (Lipinski definition) is 4. The summed E-state index contributed by atoms with van der Waals surface area (Å²) in [6.45, 7) is 0. The molecule has 1 aliphatic rings. The van der Waals surface area contributed by atoms with Crippen LogP contribution in [0.5, 0.6) is 5.75 Å². The van der Waals surface area contributed by atoms with Gasteiger partial charge in [0.05, 0.1) is 36.7 Å². The highest BCUT2D eigenvalue weighted by Gasteiger charge is 2.25. The van der Waals surface area contributed by atoms with Crippen molar-refractivity contribution >= 4 is 29.1 Å². The Labute approximate surface area is 166 Å². The molecule has 2 aromatic rings. The van der Waals surface area contributed by atoms with E-state index in [1.807, 2.05) is 0 Å². The second kappa shape index (κ2) is 8.57. The van der Waals surface area contributed by atoms with Crippen LogP contribution in [0.15, 0.2) is 30.5 Å². The zero-order chi connectivity index (χ0) is 21.0. The van der Waals surface area contributed by atoms with Crippen LogP contribution in [-0.4, -0.2) is 43.0 Å². The fraction of sp³-hybridized carbons (Fsp3) is 0.263. The van der Waals surface area contributed by atoms with Crippen LogP contribution in [0.3, 0.4) is 0 Å². The van der Waals surface area contributed by atoms with Crippen molar-refractivity contribution < 1.29 is 24.0 Å². The van der Waals surface area contributed by atoms with E-state index in [4.69, 9.17) is 10.5 Å². The molecule has 0 aliphatic heterocycles. The van der Waals surface area contributed by atoms with Gasteiger partial charge in [-0.05, 0) is 31.0 Å². The molecule has 3 amide bonds. The zero-order valence-corrected chi connectivity index (χ0v) is 15.9. The summed E-state index contributed by atoms with van der Waals surface area (Å²) in [5.41, 5.74) is 8.70. The number of amides is 3. The summed E-state index contributed by atoms with van der Waals surface area (Å²) >= 11 is 0. The number of carbonyl (C=O) groups excluding carboxylic acids is 3. The molecule has 3 rings (SSSR count). The van der Waals surface area contributed by atoms with E-state index in [-0.39, 0.29) is 40.2 Å². The third-order valence-electron chi connectivity index (χ3n) is 4.24. The van der Waals surface area contributed by atoms with Crippen LogP contribution in [0.1, 0.15) is 44.0 Å². The molecule has 0 bridgehead atoms. The van der Waals surface area contributed by atoms with Gasteiger partial charge in [0.2, 0.25) is 0 Å². The van der Waals surface area contributed by atoms with E-state index >= 15 is 0 Å². The van der Waals surface area contributed by atoms with Crippen molar-refractivity contribution in [1.29, 1.82) is 0 Å². The van der Waals surface area contributed by atoms with Gasteiger partial charge in [-0.1, -0.05) is 6.07 Å². The topological polar surface area (TPSA) is 145 Å². The molecule has 152 valence electrons. The molecule has 0 unspecified atom stereocenters. The standard InChI is InChI=1S/C19H21N5O5/c1-28-16-11(17(20)25)4-3-5-13(16)23-14-8-15(19(27)22-10-6-7-10)21-9-12(14)18(26)24-29-2/h3-5,8-10H,6-7H2,1-2H3,(H2,20,25)(H,21,23)(H,22,27)(H,24,26). The number of methoxy groups -OCH3 is 1. The van der Waals surface area contributed by atoms with Crippen LogP contribution in [0, 0.1) is 0 Å². The Morgan fingerprint density at radius 2 is 1.86 bits per heavy atom. The number of nitrogens with one attached hydrogen (secondary N) is 3. The molecule has 1 heterocycles. The maximum Gasteiger partial charge on any atom is 0.278 e. The Bertz CT molecular complexity index is 958. The number of carbonyl (C=O) groups is 3. The Balaban J connectivity index is 2.01. The van der Waals surface area contributed by atoms with Gasteiger partial charge in [0.1, 0.15) is 5.69 Å². The first-order valence-corrected chi connectivity index (χ1v) is 8.82. The number of benzene rings is 1.